The van der Waals surface area contributed by atoms with Crippen molar-refractivity contribution in [1.82, 2.24) is 15.1 Å². The second-order valence-corrected chi connectivity index (χ2v) is 5.99. The van der Waals surface area contributed by atoms with Gasteiger partial charge >= 0.3 is 0 Å². The normalized spacial score (nSPS) is 11.6. The molecule has 0 atom stereocenters. The molecule has 0 saturated heterocycles. The number of hydrogen-bond acceptors (Lipinski definition) is 3. The maximum Gasteiger partial charge on any atom is 0.277 e. The number of aryl methyl sites for hydroxylation is 1. The lowest BCUT2D eigenvalue weighted by Gasteiger charge is -2.14. The van der Waals surface area contributed by atoms with E-state index in [0.29, 0.717) is 16.3 Å². The highest BCUT2D eigenvalue weighted by molar-refractivity contribution is 6.30. The minimum Gasteiger partial charge on any atom is -0.350 e. The summed E-state index contributed by atoms with van der Waals surface area (Å²) in [5, 5.41) is 7.24. The maximum absolute atomic E-state index is 13.1. The molecule has 0 unspecified atom stereocenters. The van der Waals surface area contributed by atoms with Crippen LogP contribution in [0.5, 0.6) is 0 Å². The number of halogens is 3. The molecule has 0 saturated carbocycles. The molecule has 0 aliphatic rings. The molecule has 0 spiro atoms. The number of amides is 1. The fraction of sp³-hybridized carbons (Fsp3) is 0.375. The summed E-state index contributed by atoms with van der Waals surface area (Å²) in [5.41, 5.74) is 7.90. The third-order valence-electron chi connectivity index (χ3n) is 3.69. The molecule has 1 aromatic heterocycles. The first kappa shape index (κ1) is 18.4. The second kappa shape index (κ2) is 7.27. The highest BCUT2D eigenvalue weighted by Crippen LogP contribution is 2.20. The number of aromatic nitrogens is 2. The van der Waals surface area contributed by atoms with E-state index in [1.54, 1.807) is 23.7 Å². The molecule has 0 bridgehead atoms. The van der Waals surface area contributed by atoms with Crippen molar-refractivity contribution < 1.29 is 13.6 Å². The van der Waals surface area contributed by atoms with Crippen LogP contribution >= 0.6 is 11.6 Å². The number of alkyl halides is 2. The van der Waals surface area contributed by atoms with Gasteiger partial charge in [-0.1, -0.05) is 11.6 Å². The van der Waals surface area contributed by atoms with E-state index in [1.807, 2.05) is 19.1 Å². The standard InChI is InChI=1S/C16H19ClF2N4O/c1-10-14(7-15(24)21-9-16(18,19)8-20)11(2)23(22-10)13-5-3-12(17)4-6-13/h3-6H,7-9,20H2,1-2H3,(H,21,24). The Hall–Kier alpha value is -1.99. The molecule has 5 nitrogen and oxygen atoms in total. The Balaban J connectivity index is 2.14. The van der Waals surface area contributed by atoms with Gasteiger partial charge in [-0.15, -0.1) is 0 Å². The average molecular weight is 357 g/mol. The van der Waals surface area contributed by atoms with E-state index in [0.717, 1.165) is 11.4 Å². The summed E-state index contributed by atoms with van der Waals surface area (Å²) >= 11 is 5.87. The Kier molecular flexibility index (Phi) is 5.56. The Morgan fingerprint density at radius 1 is 1.33 bits per heavy atom. The molecule has 0 fully saturated rings. The number of nitrogens with zero attached hydrogens (tertiary/aromatic N) is 2. The topological polar surface area (TPSA) is 72.9 Å². The largest absolute Gasteiger partial charge is 0.350 e. The van der Waals surface area contributed by atoms with Crippen molar-refractivity contribution in [3.05, 3.63) is 46.2 Å². The van der Waals surface area contributed by atoms with Gasteiger partial charge in [-0.2, -0.15) is 5.10 Å². The van der Waals surface area contributed by atoms with Crippen LogP contribution in [0.25, 0.3) is 5.69 Å². The summed E-state index contributed by atoms with van der Waals surface area (Å²) in [6, 6.07) is 7.12. The van der Waals surface area contributed by atoms with Gasteiger partial charge in [-0.05, 0) is 38.1 Å². The van der Waals surface area contributed by atoms with Gasteiger partial charge in [0.15, 0.2) is 0 Å². The first-order valence-corrected chi connectivity index (χ1v) is 7.77. The molecule has 0 aliphatic heterocycles. The van der Waals surface area contributed by atoms with Gasteiger partial charge in [0.05, 0.1) is 30.9 Å². The number of hydrogen-bond donors (Lipinski definition) is 2. The molecule has 3 N–H and O–H groups in total. The predicted octanol–water partition coefficient (Wildman–Crippen LogP) is 2.40. The monoisotopic (exact) mass is 356 g/mol. The number of nitrogens with two attached hydrogens (primary N) is 1. The van der Waals surface area contributed by atoms with Crippen molar-refractivity contribution in [3.63, 3.8) is 0 Å². The molecule has 1 aromatic carbocycles. The van der Waals surface area contributed by atoms with Gasteiger partial charge in [-0.25, -0.2) is 13.5 Å². The van der Waals surface area contributed by atoms with Gasteiger partial charge in [0.25, 0.3) is 5.92 Å². The lowest BCUT2D eigenvalue weighted by Crippen LogP contribution is -2.42. The lowest BCUT2D eigenvalue weighted by atomic mass is 10.1. The van der Waals surface area contributed by atoms with Crippen molar-refractivity contribution in [3.8, 4) is 5.69 Å². The second-order valence-electron chi connectivity index (χ2n) is 5.55. The Labute approximate surface area is 143 Å². The molecule has 8 heteroatoms. The summed E-state index contributed by atoms with van der Waals surface area (Å²) in [7, 11) is 0. The first-order chi connectivity index (χ1) is 11.2. The summed E-state index contributed by atoms with van der Waals surface area (Å²) in [5.74, 6) is -3.60. The minimum atomic E-state index is -3.10. The quantitative estimate of drug-likeness (QED) is 0.834. The van der Waals surface area contributed by atoms with Crippen molar-refractivity contribution >= 4 is 17.5 Å². The summed E-state index contributed by atoms with van der Waals surface area (Å²) < 4.78 is 27.9. The van der Waals surface area contributed by atoms with Gasteiger partial charge in [0.2, 0.25) is 5.91 Å². The Morgan fingerprint density at radius 3 is 2.54 bits per heavy atom. The Morgan fingerprint density at radius 2 is 1.96 bits per heavy atom. The molecule has 0 aliphatic carbocycles. The zero-order chi connectivity index (χ0) is 17.9. The van der Waals surface area contributed by atoms with E-state index < -0.39 is 24.9 Å². The molecular formula is C16H19ClF2N4O. The molecule has 1 amide bonds. The average Bonchev–Trinajstić information content (AvgIpc) is 2.82. The van der Waals surface area contributed by atoms with Gasteiger partial charge < -0.3 is 11.1 Å². The fourth-order valence-corrected chi connectivity index (χ4v) is 2.41. The molecule has 24 heavy (non-hydrogen) atoms. The highest BCUT2D eigenvalue weighted by Gasteiger charge is 2.27. The van der Waals surface area contributed by atoms with E-state index in [9.17, 15) is 13.6 Å². The van der Waals surface area contributed by atoms with Crippen LogP contribution in [-0.2, 0) is 11.2 Å². The summed E-state index contributed by atoms with van der Waals surface area (Å²) in [6.07, 6.45) is -0.0219. The van der Waals surface area contributed by atoms with Crippen LogP contribution in [0.3, 0.4) is 0 Å². The van der Waals surface area contributed by atoms with Crippen molar-refractivity contribution in [2.75, 3.05) is 13.1 Å². The molecule has 0 radical (unpaired) electrons. The van der Waals surface area contributed by atoms with Gasteiger partial charge in [0.1, 0.15) is 0 Å². The number of carbonyl (C=O) groups is 1. The molecule has 1 heterocycles. The van der Waals surface area contributed by atoms with E-state index in [2.05, 4.69) is 10.4 Å². The van der Waals surface area contributed by atoms with Crippen LogP contribution in [0, 0.1) is 13.8 Å². The zero-order valence-electron chi connectivity index (χ0n) is 13.4. The fourth-order valence-electron chi connectivity index (χ4n) is 2.29. The maximum atomic E-state index is 13.1. The minimum absolute atomic E-state index is 0.0219. The molecule has 2 rings (SSSR count). The first-order valence-electron chi connectivity index (χ1n) is 7.39. The van der Waals surface area contributed by atoms with E-state index >= 15 is 0 Å². The third kappa shape index (κ3) is 4.30. The van der Waals surface area contributed by atoms with Crippen LogP contribution in [0.15, 0.2) is 24.3 Å². The lowest BCUT2D eigenvalue weighted by molar-refractivity contribution is -0.122. The van der Waals surface area contributed by atoms with Crippen LogP contribution in [0.1, 0.15) is 17.0 Å². The predicted molar refractivity (Wildman–Crippen MR) is 88.8 cm³/mol. The number of carbonyl (C=O) groups excluding carboxylic acids is 1. The number of nitrogens with one attached hydrogen (secondary N) is 1. The SMILES string of the molecule is Cc1nn(-c2ccc(Cl)cc2)c(C)c1CC(=O)NCC(F)(F)CN. The van der Waals surface area contributed by atoms with Crippen LogP contribution in [0.2, 0.25) is 5.02 Å². The molecule has 130 valence electrons. The number of benzene rings is 1. The third-order valence-corrected chi connectivity index (χ3v) is 3.94. The van der Waals surface area contributed by atoms with Crippen molar-refractivity contribution in [2.45, 2.75) is 26.2 Å². The van der Waals surface area contributed by atoms with Gasteiger partial charge in [0, 0.05) is 16.3 Å². The van der Waals surface area contributed by atoms with E-state index in [1.165, 1.54) is 0 Å². The van der Waals surface area contributed by atoms with E-state index in [-0.39, 0.29) is 6.42 Å². The summed E-state index contributed by atoms with van der Waals surface area (Å²) in [4.78, 5) is 11.9. The summed E-state index contributed by atoms with van der Waals surface area (Å²) in [6.45, 7) is 2.02. The smallest absolute Gasteiger partial charge is 0.277 e. The molecular weight excluding hydrogens is 338 g/mol. The Bertz CT molecular complexity index is 728. The van der Waals surface area contributed by atoms with Crippen molar-refractivity contribution in [2.24, 2.45) is 5.73 Å². The van der Waals surface area contributed by atoms with Crippen LogP contribution < -0.4 is 11.1 Å². The molecule has 2 aromatic rings. The van der Waals surface area contributed by atoms with Crippen molar-refractivity contribution in [1.29, 1.82) is 0 Å². The number of rotatable bonds is 6. The highest BCUT2D eigenvalue weighted by atomic mass is 35.5. The van der Waals surface area contributed by atoms with Crippen LogP contribution in [-0.4, -0.2) is 34.7 Å². The van der Waals surface area contributed by atoms with Gasteiger partial charge in [-0.3, -0.25) is 4.79 Å². The van der Waals surface area contributed by atoms with E-state index in [4.69, 9.17) is 17.3 Å². The van der Waals surface area contributed by atoms with Crippen LogP contribution in [0.4, 0.5) is 8.78 Å². The zero-order valence-corrected chi connectivity index (χ0v) is 14.2.